The predicted octanol–water partition coefficient (Wildman–Crippen LogP) is 1.31. The Labute approximate surface area is 147 Å². The van der Waals surface area contributed by atoms with Gasteiger partial charge in [-0.2, -0.15) is 5.26 Å². The number of nitrogens with one attached hydrogen (secondary N) is 1. The predicted molar refractivity (Wildman–Crippen MR) is 92.2 cm³/mol. The summed E-state index contributed by atoms with van der Waals surface area (Å²) < 4.78 is 0. The van der Waals surface area contributed by atoms with Crippen molar-refractivity contribution in [2.24, 2.45) is 11.8 Å². The number of hydrogen-bond donors (Lipinski definition) is 1. The molecule has 6 nitrogen and oxygen atoms in total. The first-order chi connectivity index (χ1) is 12.0. The van der Waals surface area contributed by atoms with E-state index in [1.165, 1.54) is 4.90 Å². The Hall–Kier alpha value is -2.68. The van der Waals surface area contributed by atoms with Crippen LogP contribution >= 0.6 is 0 Å². The Morgan fingerprint density at radius 1 is 1.36 bits per heavy atom. The molecule has 1 fully saturated rings. The third-order valence-electron chi connectivity index (χ3n) is 4.29. The lowest BCUT2D eigenvalue weighted by atomic mass is 9.96. The average Bonchev–Trinajstić information content (AvgIpc) is 3.03. The smallest absolute Gasteiger partial charge is 0.236 e. The van der Waals surface area contributed by atoms with Crippen LogP contribution in [0, 0.1) is 23.2 Å². The summed E-state index contributed by atoms with van der Waals surface area (Å²) in [5.41, 5.74) is 0.874. The molecule has 2 rings (SSSR count). The van der Waals surface area contributed by atoms with Gasteiger partial charge in [0.15, 0.2) is 0 Å². The van der Waals surface area contributed by atoms with Crippen molar-refractivity contribution in [3.63, 3.8) is 0 Å². The maximum absolute atomic E-state index is 13.0. The van der Waals surface area contributed by atoms with Gasteiger partial charge in [-0.05, 0) is 32.3 Å². The Balaban J connectivity index is 2.24. The van der Waals surface area contributed by atoms with E-state index in [-0.39, 0.29) is 30.8 Å². The zero-order valence-electron chi connectivity index (χ0n) is 14.5. The second kappa shape index (κ2) is 8.43. The number of rotatable bonds is 6. The van der Waals surface area contributed by atoms with E-state index in [1.54, 1.807) is 0 Å². The second-order valence-corrected chi connectivity index (χ2v) is 6.67. The van der Waals surface area contributed by atoms with E-state index in [4.69, 9.17) is 0 Å². The van der Waals surface area contributed by atoms with Gasteiger partial charge in [0, 0.05) is 18.5 Å². The molecule has 1 saturated heterocycles. The topological polar surface area (TPSA) is 90.3 Å². The highest BCUT2D eigenvalue weighted by Crippen LogP contribution is 2.25. The lowest BCUT2D eigenvalue weighted by Crippen LogP contribution is -2.47. The fourth-order valence-corrected chi connectivity index (χ4v) is 3.06. The van der Waals surface area contributed by atoms with E-state index >= 15 is 0 Å². The summed E-state index contributed by atoms with van der Waals surface area (Å²) in [6, 6.07) is 10.6. The van der Waals surface area contributed by atoms with Crippen LogP contribution in [0.2, 0.25) is 0 Å². The first kappa shape index (κ1) is 18.7. The second-order valence-electron chi connectivity index (χ2n) is 6.67. The number of carbonyl (C=O) groups is 3. The van der Waals surface area contributed by atoms with Gasteiger partial charge in [0.25, 0.3) is 0 Å². The number of nitrogens with zero attached hydrogens (tertiary/aromatic N) is 2. The van der Waals surface area contributed by atoms with Gasteiger partial charge in [0.2, 0.25) is 11.8 Å². The molecule has 0 aromatic heterocycles. The molecule has 1 aromatic carbocycles. The van der Waals surface area contributed by atoms with Crippen LogP contribution in [0.3, 0.4) is 0 Å². The number of nitriles is 1. The molecule has 1 aromatic rings. The maximum atomic E-state index is 13.0. The van der Waals surface area contributed by atoms with Crippen molar-refractivity contribution >= 4 is 18.1 Å². The first-order valence-corrected chi connectivity index (χ1v) is 8.46. The van der Waals surface area contributed by atoms with Crippen molar-refractivity contribution in [1.82, 2.24) is 10.2 Å². The molecule has 0 saturated carbocycles. The number of carbonyl (C=O) groups excluding carboxylic acids is 3. The van der Waals surface area contributed by atoms with Gasteiger partial charge >= 0.3 is 0 Å². The Kier molecular flexibility index (Phi) is 6.29. The highest BCUT2D eigenvalue weighted by atomic mass is 16.2. The Morgan fingerprint density at radius 3 is 2.60 bits per heavy atom. The molecule has 0 aliphatic carbocycles. The molecule has 3 unspecified atom stereocenters. The van der Waals surface area contributed by atoms with Crippen LogP contribution in [0.15, 0.2) is 30.3 Å². The molecular weight excluding hydrogens is 318 g/mol. The van der Waals surface area contributed by atoms with E-state index in [0.717, 1.165) is 11.8 Å². The lowest BCUT2D eigenvalue weighted by Gasteiger charge is -2.26. The van der Waals surface area contributed by atoms with E-state index < -0.39 is 17.9 Å². The Morgan fingerprint density at radius 2 is 2.04 bits per heavy atom. The molecule has 1 N–H and O–H groups in total. The van der Waals surface area contributed by atoms with Crippen LogP contribution in [0.5, 0.6) is 0 Å². The van der Waals surface area contributed by atoms with Crippen LogP contribution in [0.25, 0.3) is 0 Å². The van der Waals surface area contributed by atoms with Crippen molar-refractivity contribution < 1.29 is 14.4 Å². The molecule has 6 heteroatoms. The number of benzene rings is 1. The minimum atomic E-state index is -0.911. The monoisotopic (exact) mass is 341 g/mol. The van der Waals surface area contributed by atoms with Gasteiger partial charge in [-0.3, -0.25) is 9.59 Å². The zero-order chi connectivity index (χ0) is 18.4. The quantitative estimate of drug-likeness (QED) is 0.624. The summed E-state index contributed by atoms with van der Waals surface area (Å²) in [6.07, 6.45) is 1.37. The van der Waals surface area contributed by atoms with Crippen LogP contribution in [-0.2, 0) is 20.8 Å². The summed E-state index contributed by atoms with van der Waals surface area (Å²) in [5, 5.41) is 12.1. The molecule has 0 bridgehead atoms. The molecule has 25 heavy (non-hydrogen) atoms. The molecule has 0 radical (unpaired) electrons. The van der Waals surface area contributed by atoms with Gasteiger partial charge in [0.1, 0.15) is 18.2 Å². The third-order valence-corrected chi connectivity index (χ3v) is 4.29. The van der Waals surface area contributed by atoms with Crippen molar-refractivity contribution in [2.45, 2.75) is 38.8 Å². The number of hydrogen-bond acceptors (Lipinski definition) is 4. The molecular formula is C19H23N3O3. The van der Waals surface area contributed by atoms with E-state index in [1.807, 2.05) is 44.2 Å². The first-order valence-electron chi connectivity index (χ1n) is 8.46. The van der Waals surface area contributed by atoms with E-state index in [2.05, 4.69) is 11.4 Å². The minimum absolute atomic E-state index is 0.0911. The normalized spacial score (nSPS) is 20.8. The molecule has 3 atom stereocenters. The average molecular weight is 341 g/mol. The number of amides is 2. The van der Waals surface area contributed by atoms with Crippen molar-refractivity contribution in [3.8, 4) is 6.07 Å². The van der Waals surface area contributed by atoms with Crippen molar-refractivity contribution in [3.05, 3.63) is 35.9 Å². The fourth-order valence-electron chi connectivity index (χ4n) is 3.06. The summed E-state index contributed by atoms with van der Waals surface area (Å²) >= 11 is 0. The molecule has 1 heterocycles. The highest BCUT2D eigenvalue weighted by Gasteiger charge is 2.40. The highest BCUT2D eigenvalue weighted by molar-refractivity contribution is 6.01. The largest absolute Gasteiger partial charge is 0.353 e. The molecule has 132 valence electrons. The molecule has 2 amide bonds. The summed E-state index contributed by atoms with van der Waals surface area (Å²) in [6.45, 7) is 3.86. The van der Waals surface area contributed by atoms with Gasteiger partial charge in [0.05, 0.1) is 6.07 Å². The molecule has 1 aliphatic rings. The number of aldehydes is 1. The van der Waals surface area contributed by atoms with Crippen LogP contribution in [0.1, 0.15) is 25.8 Å². The fraction of sp³-hybridized carbons (Fsp3) is 0.474. The molecule has 0 spiro atoms. The van der Waals surface area contributed by atoms with Gasteiger partial charge < -0.3 is 15.0 Å². The maximum Gasteiger partial charge on any atom is 0.236 e. The SMILES string of the molecule is CC(C)NC(=O)C(Cc1ccccc1)C(=O)N1CC(C=O)CC1C#N. The lowest BCUT2D eigenvalue weighted by molar-refractivity contribution is -0.142. The summed E-state index contributed by atoms with van der Waals surface area (Å²) in [5.74, 6) is -2.00. The van der Waals surface area contributed by atoms with Crippen LogP contribution in [0.4, 0.5) is 0 Å². The minimum Gasteiger partial charge on any atom is -0.353 e. The number of likely N-dealkylation sites (tertiary alicyclic amines) is 1. The Bertz CT molecular complexity index is 666. The van der Waals surface area contributed by atoms with E-state index in [0.29, 0.717) is 6.42 Å². The van der Waals surface area contributed by atoms with Crippen molar-refractivity contribution in [2.75, 3.05) is 6.54 Å². The zero-order valence-corrected chi connectivity index (χ0v) is 14.5. The molecule has 1 aliphatic heterocycles. The van der Waals surface area contributed by atoms with Crippen LogP contribution in [-0.4, -0.2) is 41.6 Å². The van der Waals surface area contributed by atoms with Crippen LogP contribution < -0.4 is 5.32 Å². The third kappa shape index (κ3) is 4.66. The van der Waals surface area contributed by atoms with Gasteiger partial charge in [-0.1, -0.05) is 30.3 Å². The summed E-state index contributed by atoms with van der Waals surface area (Å²) in [7, 11) is 0. The van der Waals surface area contributed by atoms with Gasteiger partial charge in [-0.15, -0.1) is 0 Å². The van der Waals surface area contributed by atoms with E-state index in [9.17, 15) is 19.6 Å². The summed E-state index contributed by atoms with van der Waals surface area (Å²) in [4.78, 5) is 38.0. The van der Waals surface area contributed by atoms with Crippen molar-refractivity contribution in [1.29, 1.82) is 5.26 Å². The van der Waals surface area contributed by atoms with Gasteiger partial charge in [-0.25, -0.2) is 0 Å². The standard InChI is InChI=1S/C19H23N3O3/c1-13(2)21-18(24)17(9-14-6-4-3-5-7-14)19(25)22-11-15(12-23)8-16(22)10-20/h3-7,12-13,15-17H,8-9,11H2,1-2H3,(H,21,24).